The summed E-state index contributed by atoms with van der Waals surface area (Å²) in [4.78, 5) is 10.9. The summed E-state index contributed by atoms with van der Waals surface area (Å²) in [5, 5.41) is 8.95. The zero-order valence-corrected chi connectivity index (χ0v) is 11.7. The van der Waals surface area contributed by atoms with Crippen LogP contribution >= 0.6 is 0 Å². The van der Waals surface area contributed by atoms with Gasteiger partial charge in [-0.05, 0) is 45.1 Å². The highest BCUT2D eigenvalue weighted by Gasteiger charge is 2.26. The van der Waals surface area contributed by atoms with Gasteiger partial charge in [0.25, 0.3) is 0 Å². The summed E-state index contributed by atoms with van der Waals surface area (Å²) in [6.07, 6.45) is 3.43. The first-order valence-corrected chi connectivity index (χ1v) is 6.96. The molecule has 1 fully saturated rings. The summed E-state index contributed by atoms with van der Waals surface area (Å²) in [5.74, 6) is -0.825. The lowest BCUT2D eigenvalue weighted by atomic mass is 9.87. The molecule has 0 aliphatic heterocycles. The fraction of sp³-hybridized carbons (Fsp3) is 0.562. The van der Waals surface area contributed by atoms with Crippen LogP contribution in [0, 0.1) is 19.8 Å². The highest BCUT2D eigenvalue weighted by atomic mass is 16.5. The first-order valence-electron chi connectivity index (χ1n) is 6.96. The SMILES string of the molecule is Cc1cc(C)cc(COC2CCC(C(=O)O)CC2)c1. The minimum atomic E-state index is -0.659. The molecule has 0 bridgehead atoms. The van der Waals surface area contributed by atoms with Crippen molar-refractivity contribution in [3.05, 3.63) is 34.9 Å². The number of carbonyl (C=O) groups is 1. The zero-order chi connectivity index (χ0) is 13.8. The summed E-state index contributed by atoms with van der Waals surface area (Å²) in [6, 6.07) is 6.45. The molecule has 0 amide bonds. The largest absolute Gasteiger partial charge is 0.481 e. The van der Waals surface area contributed by atoms with Crippen LogP contribution in [0.3, 0.4) is 0 Å². The molecule has 0 unspecified atom stereocenters. The van der Waals surface area contributed by atoms with E-state index in [1.807, 2.05) is 0 Å². The molecule has 0 aromatic heterocycles. The number of aryl methyl sites for hydroxylation is 2. The Hall–Kier alpha value is -1.35. The smallest absolute Gasteiger partial charge is 0.306 e. The number of ether oxygens (including phenoxy) is 1. The van der Waals surface area contributed by atoms with Crippen molar-refractivity contribution in [1.29, 1.82) is 0 Å². The van der Waals surface area contributed by atoms with Crippen LogP contribution in [0.25, 0.3) is 0 Å². The van der Waals surface area contributed by atoms with Gasteiger partial charge in [-0.3, -0.25) is 4.79 Å². The summed E-state index contributed by atoms with van der Waals surface area (Å²) in [7, 11) is 0. The molecule has 3 nitrogen and oxygen atoms in total. The van der Waals surface area contributed by atoms with Gasteiger partial charge in [-0.25, -0.2) is 0 Å². The molecule has 19 heavy (non-hydrogen) atoms. The lowest BCUT2D eigenvalue weighted by molar-refractivity contribution is -0.143. The molecule has 3 heteroatoms. The Morgan fingerprint density at radius 3 is 2.26 bits per heavy atom. The van der Waals surface area contributed by atoms with Gasteiger partial charge >= 0.3 is 5.97 Å². The lowest BCUT2D eigenvalue weighted by Crippen LogP contribution is -2.25. The van der Waals surface area contributed by atoms with Crippen LogP contribution in [0.5, 0.6) is 0 Å². The third-order valence-electron chi connectivity index (χ3n) is 3.79. The molecule has 0 heterocycles. The maximum absolute atomic E-state index is 10.9. The van der Waals surface area contributed by atoms with Crippen LogP contribution in [0.1, 0.15) is 42.4 Å². The second-order valence-corrected chi connectivity index (χ2v) is 5.62. The van der Waals surface area contributed by atoms with Gasteiger partial charge in [0.15, 0.2) is 0 Å². The molecule has 1 saturated carbocycles. The van der Waals surface area contributed by atoms with Crippen molar-refractivity contribution in [1.82, 2.24) is 0 Å². The quantitative estimate of drug-likeness (QED) is 0.903. The number of hydrogen-bond donors (Lipinski definition) is 1. The molecular weight excluding hydrogens is 240 g/mol. The van der Waals surface area contributed by atoms with E-state index in [2.05, 4.69) is 32.0 Å². The fourth-order valence-electron chi connectivity index (χ4n) is 2.84. The number of carboxylic acids is 1. The van der Waals surface area contributed by atoms with Crippen LogP contribution in [0.15, 0.2) is 18.2 Å². The molecule has 0 spiro atoms. The van der Waals surface area contributed by atoms with E-state index in [0.717, 1.165) is 25.7 Å². The number of rotatable bonds is 4. The van der Waals surface area contributed by atoms with E-state index in [4.69, 9.17) is 9.84 Å². The van der Waals surface area contributed by atoms with E-state index >= 15 is 0 Å². The van der Waals surface area contributed by atoms with Crippen molar-refractivity contribution in [2.45, 2.75) is 52.2 Å². The Morgan fingerprint density at radius 2 is 1.74 bits per heavy atom. The maximum atomic E-state index is 10.9. The van der Waals surface area contributed by atoms with E-state index in [1.54, 1.807) is 0 Å². The second kappa shape index (κ2) is 6.20. The molecule has 1 aromatic rings. The average molecular weight is 262 g/mol. The van der Waals surface area contributed by atoms with E-state index < -0.39 is 5.97 Å². The highest BCUT2D eigenvalue weighted by Crippen LogP contribution is 2.27. The normalized spacial score (nSPS) is 23.3. The molecular formula is C16H22O3. The van der Waals surface area contributed by atoms with Gasteiger partial charge in [0.05, 0.1) is 18.6 Å². The van der Waals surface area contributed by atoms with Gasteiger partial charge < -0.3 is 9.84 Å². The monoisotopic (exact) mass is 262 g/mol. The van der Waals surface area contributed by atoms with Crippen molar-refractivity contribution in [3.63, 3.8) is 0 Å². The number of hydrogen-bond acceptors (Lipinski definition) is 2. The predicted octanol–water partition coefficient (Wildman–Crippen LogP) is 3.46. The molecule has 0 radical (unpaired) electrons. The highest BCUT2D eigenvalue weighted by molar-refractivity contribution is 5.70. The zero-order valence-electron chi connectivity index (χ0n) is 11.7. The maximum Gasteiger partial charge on any atom is 0.306 e. The first kappa shape index (κ1) is 14.1. The molecule has 104 valence electrons. The minimum Gasteiger partial charge on any atom is -0.481 e. The van der Waals surface area contributed by atoms with Crippen molar-refractivity contribution in [3.8, 4) is 0 Å². The third-order valence-corrected chi connectivity index (χ3v) is 3.79. The third kappa shape index (κ3) is 4.06. The van der Waals surface area contributed by atoms with Gasteiger partial charge in [-0.1, -0.05) is 29.3 Å². The number of benzene rings is 1. The Kier molecular flexibility index (Phi) is 4.59. The number of carboxylic acid groups (broad SMARTS) is 1. The lowest BCUT2D eigenvalue weighted by Gasteiger charge is -2.26. The predicted molar refractivity (Wildman–Crippen MR) is 74.1 cm³/mol. The topological polar surface area (TPSA) is 46.5 Å². The van der Waals surface area contributed by atoms with Crippen LogP contribution in [0.4, 0.5) is 0 Å². The van der Waals surface area contributed by atoms with E-state index in [1.165, 1.54) is 16.7 Å². The van der Waals surface area contributed by atoms with Crippen molar-refractivity contribution < 1.29 is 14.6 Å². The van der Waals surface area contributed by atoms with E-state index in [0.29, 0.717) is 6.61 Å². The molecule has 0 atom stereocenters. The molecule has 1 N–H and O–H groups in total. The van der Waals surface area contributed by atoms with Crippen molar-refractivity contribution >= 4 is 5.97 Å². The van der Waals surface area contributed by atoms with Crippen LogP contribution in [-0.4, -0.2) is 17.2 Å². The molecule has 0 saturated heterocycles. The fourth-order valence-corrected chi connectivity index (χ4v) is 2.84. The summed E-state index contributed by atoms with van der Waals surface area (Å²) < 4.78 is 5.91. The molecule has 2 rings (SSSR count). The Labute approximate surface area is 114 Å². The Bertz CT molecular complexity index is 425. The van der Waals surface area contributed by atoms with Crippen molar-refractivity contribution in [2.24, 2.45) is 5.92 Å². The van der Waals surface area contributed by atoms with Crippen molar-refractivity contribution in [2.75, 3.05) is 0 Å². The summed E-state index contributed by atoms with van der Waals surface area (Å²) >= 11 is 0. The van der Waals surface area contributed by atoms with Gasteiger partial charge in [-0.2, -0.15) is 0 Å². The molecule has 1 aliphatic carbocycles. The summed E-state index contributed by atoms with van der Waals surface area (Å²) in [5.41, 5.74) is 3.72. The Morgan fingerprint density at radius 1 is 1.16 bits per heavy atom. The van der Waals surface area contributed by atoms with Crippen LogP contribution < -0.4 is 0 Å². The average Bonchev–Trinajstić information content (AvgIpc) is 2.36. The van der Waals surface area contributed by atoms with Gasteiger partial charge in [0.1, 0.15) is 0 Å². The van der Waals surface area contributed by atoms with E-state index in [-0.39, 0.29) is 12.0 Å². The van der Waals surface area contributed by atoms with Crippen LogP contribution in [-0.2, 0) is 16.1 Å². The van der Waals surface area contributed by atoms with Gasteiger partial charge in [0, 0.05) is 0 Å². The van der Waals surface area contributed by atoms with E-state index in [9.17, 15) is 4.79 Å². The minimum absolute atomic E-state index is 0.166. The first-order chi connectivity index (χ1) is 9.04. The standard InChI is InChI=1S/C16H22O3/c1-11-7-12(2)9-13(8-11)10-19-15-5-3-14(4-6-15)16(17)18/h7-9,14-15H,3-6,10H2,1-2H3,(H,17,18). The second-order valence-electron chi connectivity index (χ2n) is 5.62. The number of aliphatic carboxylic acids is 1. The van der Waals surface area contributed by atoms with Gasteiger partial charge in [-0.15, -0.1) is 0 Å². The van der Waals surface area contributed by atoms with Crippen LogP contribution in [0.2, 0.25) is 0 Å². The van der Waals surface area contributed by atoms with Gasteiger partial charge in [0.2, 0.25) is 0 Å². The summed E-state index contributed by atoms with van der Waals surface area (Å²) in [6.45, 7) is 4.81. The molecule has 1 aromatic carbocycles. The molecule has 1 aliphatic rings. The Balaban J connectivity index is 1.82.